The quantitative estimate of drug-likeness (QED) is 0.811. The largest absolute Gasteiger partial charge is 0.390 e. The average Bonchev–Trinajstić information content (AvgIpc) is 2.19. The highest BCUT2D eigenvalue weighted by molar-refractivity contribution is 5.13. The molecule has 1 aromatic carbocycles. The molecule has 0 saturated heterocycles. The van der Waals surface area contributed by atoms with E-state index in [9.17, 15) is 4.39 Å². The summed E-state index contributed by atoms with van der Waals surface area (Å²) in [6.45, 7) is 3.03. The summed E-state index contributed by atoms with van der Waals surface area (Å²) in [5.74, 6) is 0. The maximum atomic E-state index is 13.5. The van der Waals surface area contributed by atoms with Crippen LogP contribution in [0.4, 0.5) is 4.39 Å². The Labute approximate surface area is 89.7 Å². The van der Waals surface area contributed by atoms with Gasteiger partial charge in [-0.2, -0.15) is 0 Å². The molecule has 15 heavy (non-hydrogen) atoms. The molecule has 0 spiro atoms. The first-order valence-corrected chi connectivity index (χ1v) is 5.01. The maximum absolute atomic E-state index is 13.5. The zero-order chi connectivity index (χ0) is 11.3. The van der Waals surface area contributed by atoms with Crippen LogP contribution in [-0.4, -0.2) is 23.5 Å². The molecule has 0 unspecified atom stereocenters. The topological polar surface area (TPSA) is 29.5 Å². The van der Waals surface area contributed by atoms with Crippen molar-refractivity contribution in [3.05, 3.63) is 35.9 Å². The van der Waals surface area contributed by atoms with E-state index in [-0.39, 0.29) is 6.61 Å². The lowest BCUT2D eigenvalue weighted by Crippen LogP contribution is -2.37. The van der Waals surface area contributed by atoms with E-state index in [2.05, 4.69) is 0 Å². The number of hydrogen-bond donors (Lipinski definition) is 1. The van der Waals surface area contributed by atoms with Crippen molar-refractivity contribution in [2.24, 2.45) is 0 Å². The van der Waals surface area contributed by atoms with Crippen LogP contribution in [0.2, 0.25) is 0 Å². The van der Waals surface area contributed by atoms with Crippen molar-refractivity contribution in [1.82, 2.24) is 0 Å². The molecule has 0 radical (unpaired) electrons. The Morgan fingerprint density at radius 1 is 1.40 bits per heavy atom. The molecular weight excluding hydrogens is 195 g/mol. The van der Waals surface area contributed by atoms with Gasteiger partial charge >= 0.3 is 0 Å². The molecule has 0 saturated carbocycles. The summed E-state index contributed by atoms with van der Waals surface area (Å²) in [6.07, 6.45) is -1.02. The summed E-state index contributed by atoms with van der Waals surface area (Å²) in [7, 11) is 0. The van der Waals surface area contributed by atoms with Crippen molar-refractivity contribution in [1.29, 1.82) is 0 Å². The summed E-state index contributed by atoms with van der Waals surface area (Å²) in [4.78, 5) is 0. The predicted octanol–water partition coefficient (Wildman–Crippen LogP) is 2.31. The molecule has 1 rings (SSSR count). The number of benzene rings is 1. The highest BCUT2D eigenvalue weighted by Gasteiger charge is 2.29. The molecule has 1 aromatic rings. The summed E-state index contributed by atoms with van der Waals surface area (Å²) >= 11 is 0. The van der Waals surface area contributed by atoms with E-state index in [0.717, 1.165) is 5.56 Å². The van der Waals surface area contributed by atoms with Gasteiger partial charge < -0.3 is 9.84 Å². The Balaban J connectivity index is 2.34. The van der Waals surface area contributed by atoms with Gasteiger partial charge in [0.15, 0.2) is 5.67 Å². The van der Waals surface area contributed by atoms with Gasteiger partial charge in [-0.05, 0) is 19.4 Å². The fourth-order valence-corrected chi connectivity index (χ4v) is 1.06. The van der Waals surface area contributed by atoms with Crippen LogP contribution in [-0.2, 0) is 11.3 Å². The van der Waals surface area contributed by atoms with E-state index < -0.39 is 11.8 Å². The average molecular weight is 212 g/mol. The van der Waals surface area contributed by atoms with Crippen molar-refractivity contribution in [2.45, 2.75) is 32.2 Å². The van der Waals surface area contributed by atoms with Gasteiger partial charge in [-0.15, -0.1) is 0 Å². The lowest BCUT2D eigenvalue weighted by atomic mass is 10.0. The van der Waals surface area contributed by atoms with Crippen molar-refractivity contribution in [3.8, 4) is 0 Å². The minimum atomic E-state index is -1.69. The lowest BCUT2D eigenvalue weighted by molar-refractivity contribution is -0.0533. The van der Waals surface area contributed by atoms with E-state index in [1.54, 1.807) is 0 Å². The molecule has 84 valence electrons. The van der Waals surface area contributed by atoms with Gasteiger partial charge in [0, 0.05) is 0 Å². The number of aliphatic hydroxyl groups excluding tert-OH is 1. The standard InChI is InChI=1S/C12H17FO2/c1-10(14)12(2,13)9-15-8-11-6-4-3-5-7-11/h3-7,10,14H,8-9H2,1-2H3/t10-,12+/m0/s1. The summed E-state index contributed by atoms with van der Waals surface area (Å²) < 4.78 is 18.8. The first kappa shape index (κ1) is 12.1. The molecule has 1 N–H and O–H groups in total. The number of hydrogen-bond acceptors (Lipinski definition) is 2. The second-order valence-electron chi connectivity index (χ2n) is 3.93. The van der Waals surface area contributed by atoms with E-state index in [1.807, 2.05) is 30.3 Å². The third-order valence-corrected chi connectivity index (χ3v) is 2.37. The molecule has 2 atom stereocenters. The molecule has 0 aromatic heterocycles. The first-order valence-electron chi connectivity index (χ1n) is 5.01. The predicted molar refractivity (Wildman–Crippen MR) is 57.3 cm³/mol. The monoisotopic (exact) mass is 212 g/mol. The molecule has 0 aliphatic heterocycles. The number of rotatable bonds is 5. The molecule has 3 heteroatoms. The van der Waals surface area contributed by atoms with Crippen LogP contribution >= 0.6 is 0 Å². The third-order valence-electron chi connectivity index (χ3n) is 2.37. The van der Waals surface area contributed by atoms with Gasteiger partial charge in [-0.25, -0.2) is 4.39 Å². The summed E-state index contributed by atoms with van der Waals surface area (Å²) in [5.41, 5.74) is -0.687. The fourth-order valence-electron chi connectivity index (χ4n) is 1.06. The Bertz CT molecular complexity index is 283. The van der Waals surface area contributed by atoms with Crippen molar-refractivity contribution < 1.29 is 14.2 Å². The minimum Gasteiger partial charge on any atom is -0.390 e. The van der Waals surface area contributed by atoms with Crippen LogP contribution in [0.1, 0.15) is 19.4 Å². The van der Waals surface area contributed by atoms with Gasteiger partial charge in [-0.3, -0.25) is 0 Å². The fraction of sp³-hybridized carbons (Fsp3) is 0.500. The first-order chi connectivity index (χ1) is 7.02. The second kappa shape index (κ2) is 5.24. The molecule has 0 aliphatic carbocycles. The van der Waals surface area contributed by atoms with Crippen molar-refractivity contribution in [3.63, 3.8) is 0 Å². The van der Waals surface area contributed by atoms with Crippen molar-refractivity contribution in [2.75, 3.05) is 6.61 Å². The van der Waals surface area contributed by atoms with Gasteiger partial charge in [0.1, 0.15) is 0 Å². The van der Waals surface area contributed by atoms with Gasteiger partial charge in [0.05, 0.1) is 19.3 Å². The summed E-state index contributed by atoms with van der Waals surface area (Å²) in [5, 5.41) is 9.12. The molecule has 0 fully saturated rings. The lowest BCUT2D eigenvalue weighted by Gasteiger charge is -2.23. The van der Waals surface area contributed by atoms with E-state index >= 15 is 0 Å². The number of halogens is 1. The Kier molecular flexibility index (Phi) is 4.24. The molecule has 0 bridgehead atoms. The van der Waals surface area contributed by atoms with Crippen molar-refractivity contribution >= 4 is 0 Å². The van der Waals surface area contributed by atoms with E-state index in [4.69, 9.17) is 9.84 Å². The summed E-state index contributed by atoms with van der Waals surface area (Å²) in [6, 6.07) is 9.55. The molecule has 2 nitrogen and oxygen atoms in total. The molecular formula is C12H17FO2. The van der Waals surface area contributed by atoms with Crippen LogP contribution in [0.3, 0.4) is 0 Å². The third kappa shape index (κ3) is 3.98. The van der Waals surface area contributed by atoms with Gasteiger partial charge in [0.25, 0.3) is 0 Å². The zero-order valence-corrected chi connectivity index (χ0v) is 9.11. The van der Waals surface area contributed by atoms with Crippen LogP contribution in [0, 0.1) is 0 Å². The number of alkyl halides is 1. The second-order valence-corrected chi connectivity index (χ2v) is 3.93. The van der Waals surface area contributed by atoms with Crippen LogP contribution in [0.25, 0.3) is 0 Å². The smallest absolute Gasteiger partial charge is 0.156 e. The highest BCUT2D eigenvalue weighted by atomic mass is 19.1. The minimum absolute atomic E-state index is 0.0977. The molecule has 0 amide bonds. The van der Waals surface area contributed by atoms with Gasteiger partial charge in [-0.1, -0.05) is 30.3 Å². The number of ether oxygens (including phenoxy) is 1. The Morgan fingerprint density at radius 2 is 2.00 bits per heavy atom. The molecule has 0 aliphatic rings. The van der Waals surface area contributed by atoms with E-state index in [1.165, 1.54) is 13.8 Å². The maximum Gasteiger partial charge on any atom is 0.156 e. The van der Waals surface area contributed by atoms with E-state index in [0.29, 0.717) is 6.61 Å². The zero-order valence-electron chi connectivity index (χ0n) is 9.11. The van der Waals surface area contributed by atoms with Crippen LogP contribution in [0.15, 0.2) is 30.3 Å². The SMILES string of the molecule is C[C@H](O)[C@](C)(F)COCc1ccccc1. The van der Waals surface area contributed by atoms with Crippen LogP contribution in [0.5, 0.6) is 0 Å². The van der Waals surface area contributed by atoms with Crippen LogP contribution < -0.4 is 0 Å². The molecule has 0 heterocycles. The number of aliphatic hydroxyl groups is 1. The normalized spacial score (nSPS) is 17.1. The Morgan fingerprint density at radius 3 is 2.53 bits per heavy atom. The highest BCUT2D eigenvalue weighted by Crippen LogP contribution is 2.16. The Hall–Kier alpha value is -0.930. The van der Waals surface area contributed by atoms with Gasteiger partial charge in [0.2, 0.25) is 0 Å².